The van der Waals surface area contributed by atoms with Gasteiger partial charge in [-0.05, 0) is 51.1 Å². The number of amides is 1. The second-order valence-electron chi connectivity index (χ2n) is 6.72. The number of benzene rings is 1. The number of carbonyl (C=O) groups excluding carboxylic acids is 1. The Morgan fingerprint density at radius 1 is 1.13 bits per heavy atom. The molecule has 0 bridgehead atoms. The zero-order chi connectivity index (χ0) is 21.1. The van der Waals surface area contributed by atoms with E-state index in [-0.39, 0.29) is 5.91 Å². The van der Waals surface area contributed by atoms with Gasteiger partial charge in [-0.1, -0.05) is 28.6 Å². The summed E-state index contributed by atoms with van der Waals surface area (Å²) in [5.41, 5.74) is 3.85. The Balaban J connectivity index is 1.46. The fourth-order valence-corrected chi connectivity index (χ4v) is 3.88. The molecule has 152 valence electrons. The van der Waals surface area contributed by atoms with Crippen molar-refractivity contribution in [2.45, 2.75) is 27.4 Å². The van der Waals surface area contributed by atoms with E-state index in [9.17, 15) is 4.79 Å². The predicted molar refractivity (Wildman–Crippen MR) is 115 cm³/mol. The molecule has 1 aromatic carbocycles. The van der Waals surface area contributed by atoms with Gasteiger partial charge in [-0.25, -0.2) is 4.98 Å². The highest BCUT2D eigenvalue weighted by molar-refractivity contribution is 7.19. The number of aromatic nitrogens is 3. The summed E-state index contributed by atoms with van der Waals surface area (Å²) < 4.78 is 11.0. The SMILES string of the molecule is Cc1nc(NC(=O)c2cccc(OCc3c(C)noc3C)c2)sc1-c1ccccn1. The van der Waals surface area contributed by atoms with Crippen LogP contribution < -0.4 is 10.1 Å². The zero-order valence-corrected chi connectivity index (χ0v) is 17.6. The molecule has 3 heterocycles. The van der Waals surface area contributed by atoms with Crippen LogP contribution in [-0.4, -0.2) is 21.0 Å². The molecule has 0 aliphatic heterocycles. The molecule has 1 amide bonds. The van der Waals surface area contributed by atoms with E-state index in [1.54, 1.807) is 24.4 Å². The lowest BCUT2D eigenvalue weighted by Crippen LogP contribution is -2.11. The summed E-state index contributed by atoms with van der Waals surface area (Å²) in [7, 11) is 0. The van der Waals surface area contributed by atoms with Crippen LogP contribution in [0.2, 0.25) is 0 Å². The second kappa shape index (κ2) is 8.46. The van der Waals surface area contributed by atoms with Crippen molar-refractivity contribution in [1.29, 1.82) is 0 Å². The normalized spacial score (nSPS) is 10.8. The Hall–Kier alpha value is -3.52. The number of carbonyl (C=O) groups is 1. The smallest absolute Gasteiger partial charge is 0.257 e. The van der Waals surface area contributed by atoms with Gasteiger partial charge in [0.05, 0.1) is 27.5 Å². The maximum absolute atomic E-state index is 12.7. The lowest BCUT2D eigenvalue weighted by atomic mass is 10.2. The van der Waals surface area contributed by atoms with E-state index in [1.165, 1.54) is 11.3 Å². The number of hydrogen-bond donors (Lipinski definition) is 1. The lowest BCUT2D eigenvalue weighted by Gasteiger charge is -2.08. The number of ether oxygens (including phenoxy) is 1. The van der Waals surface area contributed by atoms with Gasteiger partial charge in [-0.3, -0.25) is 15.1 Å². The molecule has 0 unspecified atom stereocenters. The fraction of sp³-hybridized carbons (Fsp3) is 0.182. The van der Waals surface area contributed by atoms with Crippen molar-refractivity contribution in [2.24, 2.45) is 0 Å². The Bertz CT molecular complexity index is 1160. The van der Waals surface area contributed by atoms with Crippen molar-refractivity contribution in [3.8, 4) is 16.3 Å². The lowest BCUT2D eigenvalue weighted by molar-refractivity contribution is 0.102. The van der Waals surface area contributed by atoms with E-state index in [0.717, 1.165) is 33.3 Å². The van der Waals surface area contributed by atoms with Gasteiger partial charge in [0.1, 0.15) is 18.1 Å². The minimum atomic E-state index is -0.251. The van der Waals surface area contributed by atoms with Crippen molar-refractivity contribution in [3.05, 3.63) is 76.9 Å². The minimum absolute atomic E-state index is 0.251. The first kappa shape index (κ1) is 19.8. The molecule has 3 aromatic heterocycles. The standard InChI is InChI=1S/C22H20N4O3S/c1-13-18(15(3)29-26-13)12-28-17-8-6-7-16(11-17)21(27)25-22-24-14(2)20(30-22)19-9-4-5-10-23-19/h4-11H,12H2,1-3H3,(H,24,25,27). The van der Waals surface area contributed by atoms with Crippen molar-refractivity contribution in [2.75, 3.05) is 5.32 Å². The Morgan fingerprint density at radius 3 is 2.73 bits per heavy atom. The van der Waals surface area contributed by atoms with Crippen LogP contribution in [0, 0.1) is 20.8 Å². The molecule has 0 atom stereocenters. The number of hydrogen-bond acceptors (Lipinski definition) is 7. The van der Waals surface area contributed by atoms with E-state index in [4.69, 9.17) is 9.26 Å². The molecule has 0 aliphatic rings. The third-order valence-electron chi connectivity index (χ3n) is 4.58. The number of nitrogens with one attached hydrogen (secondary N) is 1. The van der Waals surface area contributed by atoms with Crippen LogP contribution in [0.3, 0.4) is 0 Å². The third-order valence-corrected chi connectivity index (χ3v) is 5.67. The first-order valence-corrected chi connectivity index (χ1v) is 10.2. The predicted octanol–water partition coefficient (Wildman–Crippen LogP) is 4.95. The molecule has 4 rings (SSSR count). The molecule has 0 saturated heterocycles. The highest BCUT2D eigenvalue weighted by Crippen LogP contribution is 2.31. The molecule has 7 nitrogen and oxygen atoms in total. The number of nitrogens with zero attached hydrogens (tertiary/aromatic N) is 3. The Kier molecular flexibility index (Phi) is 5.58. The molecule has 1 N–H and O–H groups in total. The molecule has 0 aliphatic carbocycles. The first-order chi connectivity index (χ1) is 14.5. The zero-order valence-electron chi connectivity index (χ0n) is 16.8. The van der Waals surface area contributed by atoms with Gasteiger partial charge in [0.2, 0.25) is 0 Å². The molecule has 0 saturated carbocycles. The van der Waals surface area contributed by atoms with Gasteiger partial charge in [0.25, 0.3) is 5.91 Å². The fourth-order valence-electron chi connectivity index (χ4n) is 2.94. The van der Waals surface area contributed by atoms with Gasteiger partial charge in [0.15, 0.2) is 5.13 Å². The third kappa shape index (κ3) is 4.23. The van der Waals surface area contributed by atoms with E-state index < -0.39 is 0 Å². The van der Waals surface area contributed by atoms with E-state index in [1.807, 2.05) is 45.0 Å². The maximum atomic E-state index is 12.7. The summed E-state index contributed by atoms with van der Waals surface area (Å²) in [6.45, 7) is 5.94. The monoisotopic (exact) mass is 420 g/mol. The van der Waals surface area contributed by atoms with Crippen LogP contribution in [0.1, 0.15) is 33.1 Å². The van der Waals surface area contributed by atoms with E-state index >= 15 is 0 Å². The minimum Gasteiger partial charge on any atom is -0.489 e. The highest BCUT2D eigenvalue weighted by Gasteiger charge is 2.15. The number of anilines is 1. The summed E-state index contributed by atoms with van der Waals surface area (Å²) in [6, 6.07) is 12.7. The Morgan fingerprint density at radius 2 is 2.00 bits per heavy atom. The van der Waals surface area contributed by atoms with Gasteiger partial charge in [-0.2, -0.15) is 0 Å². The van der Waals surface area contributed by atoms with E-state index in [2.05, 4.69) is 20.4 Å². The average molecular weight is 420 g/mol. The van der Waals surface area contributed by atoms with Crippen molar-refractivity contribution in [1.82, 2.24) is 15.1 Å². The molecular weight excluding hydrogens is 400 g/mol. The molecule has 0 fully saturated rings. The maximum Gasteiger partial charge on any atom is 0.257 e. The van der Waals surface area contributed by atoms with Crippen LogP contribution in [0.5, 0.6) is 5.75 Å². The summed E-state index contributed by atoms with van der Waals surface area (Å²) in [6.07, 6.45) is 1.74. The molecule has 8 heteroatoms. The molecule has 4 aromatic rings. The van der Waals surface area contributed by atoms with Crippen molar-refractivity contribution >= 4 is 22.4 Å². The molecule has 0 radical (unpaired) electrons. The summed E-state index contributed by atoms with van der Waals surface area (Å²) >= 11 is 1.40. The van der Waals surface area contributed by atoms with Crippen molar-refractivity contribution in [3.63, 3.8) is 0 Å². The summed E-state index contributed by atoms with van der Waals surface area (Å²) in [5, 5.41) is 7.32. The quantitative estimate of drug-likeness (QED) is 0.475. The van der Waals surface area contributed by atoms with Crippen LogP contribution in [0.25, 0.3) is 10.6 Å². The summed E-state index contributed by atoms with van der Waals surface area (Å²) in [5.74, 6) is 1.07. The van der Waals surface area contributed by atoms with Gasteiger partial charge < -0.3 is 9.26 Å². The van der Waals surface area contributed by atoms with Crippen LogP contribution in [0.4, 0.5) is 5.13 Å². The van der Waals surface area contributed by atoms with Crippen LogP contribution in [-0.2, 0) is 6.61 Å². The van der Waals surface area contributed by atoms with E-state index in [0.29, 0.717) is 23.1 Å². The largest absolute Gasteiger partial charge is 0.489 e. The summed E-state index contributed by atoms with van der Waals surface area (Å²) in [4.78, 5) is 22.5. The number of aryl methyl sites for hydroxylation is 3. The molecule has 30 heavy (non-hydrogen) atoms. The first-order valence-electron chi connectivity index (χ1n) is 9.36. The highest BCUT2D eigenvalue weighted by atomic mass is 32.1. The van der Waals surface area contributed by atoms with Crippen LogP contribution >= 0.6 is 11.3 Å². The van der Waals surface area contributed by atoms with Gasteiger partial charge >= 0.3 is 0 Å². The Labute approximate surface area is 177 Å². The molecule has 0 spiro atoms. The number of thiazole rings is 1. The average Bonchev–Trinajstić information content (AvgIpc) is 3.28. The van der Waals surface area contributed by atoms with Gasteiger partial charge in [0, 0.05) is 11.8 Å². The topological polar surface area (TPSA) is 90.1 Å². The van der Waals surface area contributed by atoms with Gasteiger partial charge in [-0.15, -0.1) is 0 Å². The number of pyridine rings is 1. The van der Waals surface area contributed by atoms with Crippen molar-refractivity contribution < 1.29 is 14.1 Å². The molecular formula is C22H20N4O3S. The number of rotatable bonds is 6. The van der Waals surface area contributed by atoms with Crippen LogP contribution in [0.15, 0.2) is 53.2 Å². The second-order valence-corrected chi connectivity index (χ2v) is 7.72.